The predicted molar refractivity (Wildman–Crippen MR) is 88.7 cm³/mol. The van der Waals surface area contributed by atoms with Gasteiger partial charge in [-0.15, -0.1) is 0 Å². The average Bonchev–Trinajstić information content (AvgIpc) is 2.83. The van der Waals surface area contributed by atoms with E-state index in [9.17, 15) is 4.79 Å². The summed E-state index contributed by atoms with van der Waals surface area (Å²) in [5, 5.41) is 3.07. The van der Waals surface area contributed by atoms with Crippen LogP contribution in [0.1, 0.15) is 58.1 Å². The van der Waals surface area contributed by atoms with Crippen molar-refractivity contribution in [1.82, 2.24) is 5.32 Å². The first-order valence-corrected chi connectivity index (χ1v) is 8.27. The van der Waals surface area contributed by atoms with Crippen LogP contribution in [0.2, 0.25) is 0 Å². The third kappa shape index (κ3) is 4.73. The maximum absolute atomic E-state index is 12.2. The van der Waals surface area contributed by atoms with Gasteiger partial charge in [0.2, 0.25) is 5.91 Å². The van der Waals surface area contributed by atoms with Gasteiger partial charge in [0.15, 0.2) is 0 Å². The first kappa shape index (κ1) is 16.8. The maximum Gasteiger partial charge on any atom is 0.220 e. The van der Waals surface area contributed by atoms with Gasteiger partial charge in [0.1, 0.15) is 5.75 Å². The summed E-state index contributed by atoms with van der Waals surface area (Å²) >= 11 is 0. The van der Waals surface area contributed by atoms with E-state index < -0.39 is 0 Å². The molecule has 0 spiro atoms. The van der Waals surface area contributed by atoms with Crippen molar-refractivity contribution in [1.29, 1.82) is 0 Å². The number of benzene rings is 1. The highest BCUT2D eigenvalue weighted by Gasteiger charge is 2.26. The van der Waals surface area contributed by atoms with Crippen molar-refractivity contribution in [3.63, 3.8) is 0 Å². The van der Waals surface area contributed by atoms with E-state index in [1.807, 2.05) is 45.0 Å². The van der Waals surface area contributed by atoms with Crippen molar-refractivity contribution in [3.8, 4) is 5.75 Å². The van der Waals surface area contributed by atoms with E-state index in [1.165, 1.54) is 0 Å². The van der Waals surface area contributed by atoms with Crippen molar-refractivity contribution in [2.24, 2.45) is 11.7 Å². The van der Waals surface area contributed by atoms with Crippen LogP contribution in [0.25, 0.3) is 0 Å². The second-order valence-electron chi connectivity index (χ2n) is 6.59. The summed E-state index contributed by atoms with van der Waals surface area (Å²) in [6, 6.07) is 8.06. The molecule has 3 atom stereocenters. The van der Waals surface area contributed by atoms with E-state index in [1.54, 1.807) is 0 Å². The number of ether oxygens (including phenoxy) is 1. The normalized spacial score (nSPS) is 22.6. The fraction of sp³-hybridized carbons (Fsp3) is 0.611. The van der Waals surface area contributed by atoms with Crippen molar-refractivity contribution >= 4 is 5.91 Å². The quantitative estimate of drug-likeness (QED) is 0.848. The molecular formula is C18H28N2O2. The Hall–Kier alpha value is -1.55. The summed E-state index contributed by atoms with van der Waals surface area (Å²) in [5.41, 5.74) is 7.10. The SMILES string of the molecule is CC(C)Oc1cccc(C(C)NC(=O)C[C@@H]2CCC[C@H]2N)c1. The number of nitrogens with one attached hydrogen (secondary N) is 1. The minimum absolute atomic E-state index is 0.0270. The van der Waals surface area contributed by atoms with Crippen LogP contribution in [0.15, 0.2) is 24.3 Å². The zero-order chi connectivity index (χ0) is 16.1. The van der Waals surface area contributed by atoms with Gasteiger partial charge in [-0.3, -0.25) is 4.79 Å². The predicted octanol–water partition coefficient (Wildman–Crippen LogP) is 3.17. The number of nitrogens with two attached hydrogens (primary N) is 1. The molecule has 1 aromatic rings. The van der Waals surface area contributed by atoms with Crippen LogP contribution in [-0.4, -0.2) is 18.1 Å². The highest BCUT2D eigenvalue weighted by Crippen LogP contribution is 2.27. The standard InChI is InChI=1S/C18H28N2O2/c1-12(2)22-16-8-4-6-14(10-16)13(3)20-18(21)11-15-7-5-9-17(15)19/h4,6,8,10,12-13,15,17H,5,7,9,11,19H2,1-3H3,(H,20,21)/t13?,15-,17+/m0/s1. The van der Waals surface area contributed by atoms with E-state index in [4.69, 9.17) is 10.5 Å². The molecule has 1 aliphatic rings. The zero-order valence-corrected chi connectivity index (χ0v) is 13.8. The first-order valence-electron chi connectivity index (χ1n) is 8.27. The molecule has 0 heterocycles. The summed E-state index contributed by atoms with van der Waals surface area (Å²) in [7, 11) is 0. The molecule has 122 valence electrons. The third-order valence-corrected chi connectivity index (χ3v) is 4.27. The van der Waals surface area contributed by atoms with E-state index in [0.29, 0.717) is 12.3 Å². The molecule has 1 fully saturated rings. The third-order valence-electron chi connectivity index (χ3n) is 4.27. The van der Waals surface area contributed by atoms with Gasteiger partial charge < -0.3 is 15.8 Å². The fourth-order valence-corrected chi connectivity index (χ4v) is 3.07. The lowest BCUT2D eigenvalue weighted by Gasteiger charge is -2.19. The van der Waals surface area contributed by atoms with Crippen LogP contribution < -0.4 is 15.8 Å². The van der Waals surface area contributed by atoms with Crippen LogP contribution >= 0.6 is 0 Å². The number of hydrogen-bond acceptors (Lipinski definition) is 3. The Morgan fingerprint density at radius 3 is 2.77 bits per heavy atom. The minimum atomic E-state index is -0.0270. The summed E-state index contributed by atoms with van der Waals surface area (Å²) in [6.45, 7) is 6.01. The van der Waals surface area contributed by atoms with Crippen LogP contribution in [0, 0.1) is 5.92 Å². The molecule has 0 radical (unpaired) electrons. The van der Waals surface area contributed by atoms with Gasteiger partial charge in [0.05, 0.1) is 12.1 Å². The summed E-state index contributed by atoms with van der Waals surface area (Å²) in [4.78, 5) is 12.2. The molecule has 4 heteroatoms. The van der Waals surface area contributed by atoms with E-state index in [-0.39, 0.29) is 24.1 Å². The summed E-state index contributed by atoms with van der Waals surface area (Å²) < 4.78 is 5.70. The number of carbonyl (C=O) groups is 1. The van der Waals surface area contributed by atoms with E-state index in [0.717, 1.165) is 30.6 Å². The minimum Gasteiger partial charge on any atom is -0.491 e. The molecule has 1 saturated carbocycles. The first-order chi connectivity index (χ1) is 10.5. The van der Waals surface area contributed by atoms with E-state index >= 15 is 0 Å². The lowest BCUT2D eigenvalue weighted by Crippen LogP contribution is -2.32. The van der Waals surface area contributed by atoms with Crippen molar-refractivity contribution in [2.75, 3.05) is 0 Å². The highest BCUT2D eigenvalue weighted by atomic mass is 16.5. The monoisotopic (exact) mass is 304 g/mol. The van der Waals surface area contributed by atoms with Crippen LogP contribution in [0.5, 0.6) is 5.75 Å². The Balaban J connectivity index is 1.90. The Kier molecular flexibility index (Phi) is 5.83. The fourth-order valence-electron chi connectivity index (χ4n) is 3.07. The molecular weight excluding hydrogens is 276 g/mol. The van der Waals surface area contributed by atoms with Gasteiger partial charge >= 0.3 is 0 Å². The van der Waals surface area contributed by atoms with E-state index in [2.05, 4.69) is 5.32 Å². The molecule has 0 aromatic heterocycles. The molecule has 22 heavy (non-hydrogen) atoms. The van der Waals surface area contributed by atoms with Gasteiger partial charge in [0, 0.05) is 12.5 Å². The Labute approximate surface area is 133 Å². The molecule has 1 unspecified atom stereocenters. The van der Waals surface area contributed by atoms with Gasteiger partial charge in [0.25, 0.3) is 0 Å². The largest absolute Gasteiger partial charge is 0.491 e. The van der Waals surface area contributed by atoms with Gasteiger partial charge in [-0.2, -0.15) is 0 Å². The van der Waals surface area contributed by atoms with Gasteiger partial charge in [-0.05, 0) is 57.2 Å². The molecule has 0 aliphatic heterocycles. The van der Waals surface area contributed by atoms with Crippen molar-refractivity contribution in [3.05, 3.63) is 29.8 Å². The molecule has 0 bridgehead atoms. The lowest BCUT2D eigenvalue weighted by atomic mass is 9.99. The van der Waals surface area contributed by atoms with Gasteiger partial charge in [-0.1, -0.05) is 18.6 Å². The Bertz CT molecular complexity index is 502. The second kappa shape index (κ2) is 7.63. The smallest absolute Gasteiger partial charge is 0.220 e. The summed E-state index contributed by atoms with van der Waals surface area (Å²) in [6.07, 6.45) is 3.93. The van der Waals surface area contributed by atoms with Crippen molar-refractivity contribution in [2.45, 2.75) is 64.6 Å². The Morgan fingerprint density at radius 1 is 1.36 bits per heavy atom. The summed E-state index contributed by atoms with van der Waals surface area (Å²) in [5.74, 6) is 1.26. The second-order valence-corrected chi connectivity index (χ2v) is 6.59. The molecule has 1 aliphatic carbocycles. The molecule has 4 nitrogen and oxygen atoms in total. The highest BCUT2D eigenvalue weighted by molar-refractivity contribution is 5.76. The number of rotatable bonds is 6. The van der Waals surface area contributed by atoms with Crippen molar-refractivity contribution < 1.29 is 9.53 Å². The van der Waals surface area contributed by atoms with Crippen LogP contribution in [-0.2, 0) is 4.79 Å². The topological polar surface area (TPSA) is 64.3 Å². The van der Waals surface area contributed by atoms with Gasteiger partial charge in [-0.25, -0.2) is 0 Å². The lowest BCUT2D eigenvalue weighted by molar-refractivity contribution is -0.122. The maximum atomic E-state index is 12.2. The Morgan fingerprint density at radius 2 is 2.14 bits per heavy atom. The molecule has 1 aromatic carbocycles. The average molecular weight is 304 g/mol. The molecule has 2 rings (SSSR count). The molecule has 0 saturated heterocycles. The van der Waals surface area contributed by atoms with Crippen LogP contribution in [0.3, 0.4) is 0 Å². The number of hydrogen-bond donors (Lipinski definition) is 2. The number of carbonyl (C=O) groups excluding carboxylic acids is 1. The zero-order valence-electron chi connectivity index (χ0n) is 13.8. The number of amides is 1. The molecule has 3 N–H and O–H groups in total. The molecule has 1 amide bonds. The van der Waals surface area contributed by atoms with Crippen LogP contribution in [0.4, 0.5) is 0 Å².